The molecule has 1 amide bonds. The molecule has 0 saturated carbocycles. The molecule has 1 aliphatic rings. The Labute approximate surface area is 150 Å². The molecule has 1 saturated heterocycles. The molecule has 3 rings (SSSR count). The fourth-order valence-electron chi connectivity index (χ4n) is 2.75. The first-order valence-corrected chi connectivity index (χ1v) is 9.95. The third-order valence-electron chi connectivity index (χ3n) is 4.23. The topological polar surface area (TPSA) is 123 Å². The lowest BCUT2D eigenvalue weighted by Gasteiger charge is -2.28. The van der Waals surface area contributed by atoms with Crippen LogP contribution < -0.4 is 4.74 Å². The fraction of sp³-hybridized carbons (Fsp3) is 0.438. The third-order valence-corrected chi connectivity index (χ3v) is 5.36. The highest BCUT2D eigenvalue weighted by Gasteiger charge is 2.26. The predicted octanol–water partition coefficient (Wildman–Crippen LogP) is 1.91. The molecule has 2 aromatic rings. The van der Waals surface area contributed by atoms with Crippen LogP contribution in [0.5, 0.6) is 5.75 Å². The highest BCUT2D eigenvalue weighted by Crippen LogP contribution is 2.26. The molecule has 1 aliphatic heterocycles. The molecule has 0 unspecified atom stereocenters. The monoisotopic (exact) mass is 381 g/mol. The second-order valence-electron chi connectivity index (χ2n) is 6.12. The van der Waals surface area contributed by atoms with Crippen molar-refractivity contribution in [3.05, 3.63) is 36.0 Å². The number of benzene rings is 1. The lowest BCUT2D eigenvalue weighted by molar-refractivity contribution is 0.131. The van der Waals surface area contributed by atoms with E-state index < -0.39 is 15.9 Å². The molecule has 1 aromatic carbocycles. The second kappa shape index (κ2) is 7.32. The van der Waals surface area contributed by atoms with Crippen LogP contribution in [0, 0.1) is 0 Å². The number of ether oxygens (including phenoxy) is 1. The van der Waals surface area contributed by atoms with E-state index in [-0.39, 0.29) is 17.4 Å². The van der Waals surface area contributed by atoms with Gasteiger partial charge in [-0.25, -0.2) is 13.2 Å². The number of carbonyl (C=O) groups is 1. The number of aromatic nitrogens is 2. The zero-order chi connectivity index (χ0) is 18.7. The summed E-state index contributed by atoms with van der Waals surface area (Å²) in [5, 5.41) is 12.9. The first kappa shape index (κ1) is 18.2. The summed E-state index contributed by atoms with van der Waals surface area (Å²) in [7, 11) is -3.24. The van der Waals surface area contributed by atoms with E-state index in [9.17, 15) is 13.2 Å². The largest absolute Gasteiger partial charge is 0.484 e. The number of piperidine rings is 1. The molecule has 1 aromatic heterocycles. The van der Waals surface area contributed by atoms with Gasteiger partial charge in [0.2, 0.25) is 0 Å². The van der Waals surface area contributed by atoms with Crippen LogP contribution in [0.1, 0.15) is 30.5 Å². The second-order valence-corrected chi connectivity index (χ2v) is 8.14. The van der Waals surface area contributed by atoms with Crippen molar-refractivity contribution in [3.8, 4) is 5.75 Å². The minimum absolute atomic E-state index is 0.0668. The van der Waals surface area contributed by atoms with Gasteiger partial charge in [0.25, 0.3) is 5.89 Å². The van der Waals surface area contributed by atoms with Gasteiger partial charge in [-0.1, -0.05) is 5.16 Å². The van der Waals surface area contributed by atoms with Gasteiger partial charge in [0.1, 0.15) is 5.75 Å². The lowest BCUT2D eigenvalue weighted by atomic mass is 9.96. The summed E-state index contributed by atoms with van der Waals surface area (Å²) in [6.45, 7) is 0.972. The van der Waals surface area contributed by atoms with Gasteiger partial charge >= 0.3 is 6.09 Å². The van der Waals surface area contributed by atoms with E-state index in [0.29, 0.717) is 43.4 Å². The summed E-state index contributed by atoms with van der Waals surface area (Å²) in [5.41, 5.74) is 0. The first-order chi connectivity index (χ1) is 12.3. The zero-order valence-electron chi connectivity index (χ0n) is 14.2. The number of hydrogen-bond acceptors (Lipinski definition) is 7. The van der Waals surface area contributed by atoms with Crippen LogP contribution in [0.3, 0.4) is 0 Å². The molecule has 9 nitrogen and oxygen atoms in total. The van der Waals surface area contributed by atoms with Crippen LogP contribution in [0.4, 0.5) is 4.79 Å². The van der Waals surface area contributed by atoms with Crippen LogP contribution >= 0.6 is 0 Å². The Morgan fingerprint density at radius 3 is 2.54 bits per heavy atom. The van der Waals surface area contributed by atoms with Crippen molar-refractivity contribution in [1.29, 1.82) is 0 Å². The number of likely N-dealkylation sites (tertiary alicyclic amines) is 1. The highest BCUT2D eigenvalue weighted by atomic mass is 32.2. The van der Waals surface area contributed by atoms with Gasteiger partial charge in [-0.05, 0) is 37.1 Å². The number of rotatable bonds is 5. The van der Waals surface area contributed by atoms with Gasteiger partial charge < -0.3 is 19.3 Å². The van der Waals surface area contributed by atoms with Crippen molar-refractivity contribution in [2.75, 3.05) is 19.3 Å². The average molecular weight is 381 g/mol. The Bertz CT molecular complexity index is 870. The van der Waals surface area contributed by atoms with E-state index in [4.69, 9.17) is 14.4 Å². The Morgan fingerprint density at radius 1 is 1.31 bits per heavy atom. The normalized spacial score (nSPS) is 15.8. The van der Waals surface area contributed by atoms with Crippen molar-refractivity contribution < 1.29 is 27.6 Å². The standard InChI is InChI=1S/C16H19N3O6S/c1-26(22,23)13-4-2-12(3-5-13)24-10-14-17-15(18-25-14)11-6-8-19(9-7-11)16(20)21/h2-5,11H,6-10H2,1H3,(H,20,21). The summed E-state index contributed by atoms with van der Waals surface area (Å²) in [6.07, 6.45) is 1.54. The minimum atomic E-state index is -3.24. The van der Waals surface area contributed by atoms with Crippen molar-refractivity contribution in [1.82, 2.24) is 15.0 Å². The quantitative estimate of drug-likeness (QED) is 0.833. The Hall–Kier alpha value is -2.62. The first-order valence-electron chi connectivity index (χ1n) is 8.06. The molecule has 0 spiro atoms. The molecule has 10 heteroatoms. The van der Waals surface area contributed by atoms with Gasteiger partial charge in [0.15, 0.2) is 22.3 Å². The Balaban J connectivity index is 1.55. The van der Waals surface area contributed by atoms with E-state index in [2.05, 4.69) is 10.1 Å². The van der Waals surface area contributed by atoms with E-state index in [1.165, 1.54) is 17.0 Å². The van der Waals surface area contributed by atoms with E-state index in [0.717, 1.165) is 6.26 Å². The minimum Gasteiger partial charge on any atom is -0.484 e. The zero-order valence-corrected chi connectivity index (χ0v) is 15.0. The smallest absolute Gasteiger partial charge is 0.407 e. The summed E-state index contributed by atoms with van der Waals surface area (Å²) in [5.74, 6) is 1.43. The van der Waals surface area contributed by atoms with Crippen LogP contribution in [-0.4, -0.2) is 54.0 Å². The predicted molar refractivity (Wildman–Crippen MR) is 89.8 cm³/mol. The van der Waals surface area contributed by atoms with Gasteiger partial charge in [-0.2, -0.15) is 4.98 Å². The van der Waals surface area contributed by atoms with Gasteiger partial charge in [0, 0.05) is 25.3 Å². The molecule has 0 atom stereocenters. The molecule has 1 fully saturated rings. The van der Waals surface area contributed by atoms with Crippen LogP contribution in [0.25, 0.3) is 0 Å². The molecular formula is C16H19N3O6S. The van der Waals surface area contributed by atoms with Crippen LogP contribution in [0.2, 0.25) is 0 Å². The van der Waals surface area contributed by atoms with E-state index in [1.54, 1.807) is 12.1 Å². The molecule has 0 aliphatic carbocycles. The number of carboxylic acid groups (broad SMARTS) is 1. The Morgan fingerprint density at radius 2 is 1.96 bits per heavy atom. The molecule has 0 radical (unpaired) electrons. The highest BCUT2D eigenvalue weighted by molar-refractivity contribution is 7.90. The fourth-order valence-corrected chi connectivity index (χ4v) is 3.38. The van der Waals surface area contributed by atoms with E-state index in [1.807, 2.05) is 0 Å². The summed E-state index contributed by atoms with van der Waals surface area (Å²) >= 11 is 0. The molecule has 2 heterocycles. The summed E-state index contributed by atoms with van der Waals surface area (Å²) in [6, 6.07) is 6.07. The van der Waals surface area contributed by atoms with Gasteiger partial charge in [-0.3, -0.25) is 0 Å². The van der Waals surface area contributed by atoms with Crippen molar-refractivity contribution in [2.24, 2.45) is 0 Å². The SMILES string of the molecule is CS(=O)(=O)c1ccc(OCc2nc(C3CCN(C(=O)O)CC3)no2)cc1. The number of nitrogens with zero attached hydrogens (tertiary/aromatic N) is 3. The third kappa shape index (κ3) is 4.31. The number of sulfone groups is 1. The van der Waals surface area contributed by atoms with E-state index >= 15 is 0 Å². The average Bonchev–Trinajstić information content (AvgIpc) is 3.08. The molecule has 140 valence electrons. The van der Waals surface area contributed by atoms with Crippen LogP contribution in [-0.2, 0) is 16.4 Å². The summed E-state index contributed by atoms with van der Waals surface area (Å²) < 4.78 is 33.6. The maximum atomic E-state index is 11.4. The molecule has 0 bridgehead atoms. The summed E-state index contributed by atoms with van der Waals surface area (Å²) in [4.78, 5) is 16.8. The maximum absolute atomic E-state index is 11.4. The molecule has 1 N–H and O–H groups in total. The van der Waals surface area contributed by atoms with Gasteiger partial charge in [-0.15, -0.1) is 0 Å². The maximum Gasteiger partial charge on any atom is 0.407 e. The van der Waals surface area contributed by atoms with Crippen molar-refractivity contribution in [3.63, 3.8) is 0 Å². The van der Waals surface area contributed by atoms with Crippen molar-refractivity contribution >= 4 is 15.9 Å². The molecule has 26 heavy (non-hydrogen) atoms. The Kier molecular flexibility index (Phi) is 5.12. The number of hydrogen-bond donors (Lipinski definition) is 1. The van der Waals surface area contributed by atoms with Gasteiger partial charge in [0.05, 0.1) is 4.90 Å². The van der Waals surface area contributed by atoms with Crippen molar-refractivity contribution in [2.45, 2.75) is 30.3 Å². The lowest BCUT2D eigenvalue weighted by Crippen LogP contribution is -2.37. The van der Waals surface area contributed by atoms with Crippen LogP contribution in [0.15, 0.2) is 33.7 Å². The molecular weight excluding hydrogens is 362 g/mol. The number of amides is 1.